The second-order valence-corrected chi connectivity index (χ2v) is 5.94. The van der Waals surface area contributed by atoms with Crippen molar-refractivity contribution in [2.45, 2.75) is 20.3 Å². The lowest BCUT2D eigenvalue weighted by Crippen LogP contribution is -2.46. The average molecular weight is 326 g/mol. The van der Waals surface area contributed by atoms with Gasteiger partial charge in [-0.15, -0.1) is 0 Å². The van der Waals surface area contributed by atoms with Crippen LogP contribution in [0.25, 0.3) is 0 Å². The van der Waals surface area contributed by atoms with Gasteiger partial charge in [-0.3, -0.25) is 9.89 Å². The van der Waals surface area contributed by atoms with Crippen LogP contribution in [0, 0.1) is 5.41 Å². The number of rotatable bonds is 9. The molecular weight excluding hydrogens is 296 g/mol. The van der Waals surface area contributed by atoms with Crippen LogP contribution >= 0.6 is 0 Å². The van der Waals surface area contributed by atoms with Crippen molar-refractivity contribution in [1.82, 2.24) is 9.80 Å². The molecule has 0 atom stereocenters. The van der Waals surface area contributed by atoms with Crippen molar-refractivity contribution in [1.29, 1.82) is 5.41 Å². The van der Waals surface area contributed by atoms with E-state index in [0.29, 0.717) is 0 Å². The standard InChI is InChI=1S/C20H30N4/c1-6-8-20(14-21)18(4)24-11-9-23(10-12-24)16-17(3)13-19(7-2)15-22-5/h6,8,13-15,21H,1,4-5,7,9-12,16H2,2-3H3/b17-13-,19-15-,20-8+,21-14?. The van der Waals surface area contributed by atoms with Crippen molar-refractivity contribution in [3.8, 4) is 0 Å². The first-order valence-electron chi connectivity index (χ1n) is 8.37. The number of nitrogens with zero attached hydrogens (tertiary/aromatic N) is 3. The highest BCUT2D eigenvalue weighted by Crippen LogP contribution is 2.16. The predicted molar refractivity (Wildman–Crippen MR) is 106 cm³/mol. The summed E-state index contributed by atoms with van der Waals surface area (Å²) in [5, 5.41) is 7.50. The van der Waals surface area contributed by atoms with E-state index >= 15 is 0 Å². The van der Waals surface area contributed by atoms with E-state index in [0.717, 1.165) is 50.4 Å². The summed E-state index contributed by atoms with van der Waals surface area (Å²) in [7, 11) is 0. The summed E-state index contributed by atoms with van der Waals surface area (Å²) in [6.07, 6.45) is 9.88. The monoisotopic (exact) mass is 326 g/mol. The summed E-state index contributed by atoms with van der Waals surface area (Å²) in [5.41, 5.74) is 4.28. The van der Waals surface area contributed by atoms with Gasteiger partial charge in [0.2, 0.25) is 0 Å². The van der Waals surface area contributed by atoms with Crippen molar-refractivity contribution >= 4 is 12.9 Å². The van der Waals surface area contributed by atoms with Crippen molar-refractivity contribution in [2.75, 3.05) is 32.7 Å². The summed E-state index contributed by atoms with van der Waals surface area (Å²) < 4.78 is 0. The Balaban J connectivity index is 2.58. The molecule has 1 aliphatic heterocycles. The molecule has 0 amide bonds. The molecule has 0 saturated carbocycles. The van der Waals surface area contributed by atoms with Crippen LogP contribution in [0.2, 0.25) is 0 Å². The Labute approximate surface area is 146 Å². The third kappa shape index (κ3) is 6.13. The Kier molecular flexibility index (Phi) is 8.72. The molecule has 1 heterocycles. The summed E-state index contributed by atoms with van der Waals surface area (Å²) in [4.78, 5) is 8.55. The van der Waals surface area contributed by atoms with Crippen LogP contribution in [0.4, 0.5) is 0 Å². The van der Waals surface area contributed by atoms with E-state index in [4.69, 9.17) is 5.41 Å². The number of nitrogens with one attached hydrogen (secondary N) is 1. The number of aliphatic imine (C=N–C) groups is 1. The van der Waals surface area contributed by atoms with Crippen molar-refractivity contribution < 1.29 is 0 Å². The van der Waals surface area contributed by atoms with Crippen LogP contribution in [-0.2, 0) is 0 Å². The molecule has 130 valence electrons. The van der Waals surface area contributed by atoms with E-state index in [1.54, 1.807) is 6.08 Å². The van der Waals surface area contributed by atoms with E-state index in [1.807, 2.05) is 12.3 Å². The number of piperazine rings is 1. The first-order chi connectivity index (χ1) is 11.5. The fourth-order valence-corrected chi connectivity index (χ4v) is 2.78. The Bertz CT molecular complexity index is 558. The van der Waals surface area contributed by atoms with Crippen LogP contribution in [-0.4, -0.2) is 55.5 Å². The molecule has 0 aromatic heterocycles. The molecule has 1 rings (SSSR count). The zero-order chi connectivity index (χ0) is 17.9. The lowest BCUT2D eigenvalue weighted by atomic mass is 10.1. The van der Waals surface area contributed by atoms with Gasteiger partial charge in [0.1, 0.15) is 0 Å². The van der Waals surface area contributed by atoms with Gasteiger partial charge in [-0.05, 0) is 25.6 Å². The molecule has 1 aliphatic rings. The van der Waals surface area contributed by atoms with Crippen molar-refractivity contribution in [3.63, 3.8) is 0 Å². The first kappa shape index (κ1) is 19.8. The Morgan fingerprint density at radius 2 is 1.92 bits per heavy atom. The van der Waals surface area contributed by atoms with Gasteiger partial charge in [0.25, 0.3) is 0 Å². The minimum absolute atomic E-state index is 0.823. The van der Waals surface area contributed by atoms with Gasteiger partial charge in [0, 0.05) is 56.4 Å². The van der Waals surface area contributed by atoms with Gasteiger partial charge in [-0.1, -0.05) is 43.9 Å². The Hall–Kier alpha value is -2.20. The highest BCUT2D eigenvalue weighted by atomic mass is 15.3. The van der Waals surface area contributed by atoms with E-state index < -0.39 is 0 Å². The van der Waals surface area contributed by atoms with Crippen LogP contribution in [0.15, 0.2) is 65.0 Å². The predicted octanol–water partition coefficient (Wildman–Crippen LogP) is 3.82. The van der Waals surface area contributed by atoms with E-state index in [1.165, 1.54) is 17.4 Å². The highest BCUT2D eigenvalue weighted by Gasteiger charge is 2.19. The zero-order valence-corrected chi connectivity index (χ0v) is 15.1. The van der Waals surface area contributed by atoms with Gasteiger partial charge in [-0.25, -0.2) is 0 Å². The largest absolute Gasteiger partial charge is 0.369 e. The number of hydrogen-bond acceptors (Lipinski definition) is 4. The molecule has 1 fully saturated rings. The maximum absolute atomic E-state index is 7.50. The maximum atomic E-state index is 7.50. The smallest absolute Gasteiger partial charge is 0.0383 e. The summed E-state index contributed by atoms with van der Waals surface area (Å²) in [5.74, 6) is 0. The normalized spacial score (nSPS) is 17.6. The highest BCUT2D eigenvalue weighted by molar-refractivity contribution is 5.82. The Morgan fingerprint density at radius 1 is 1.25 bits per heavy atom. The minimum Gasteiger partial charge on any atom is -0.369 e. The quantitative estimate of drug-likeness (QED) is 0.517. The second-order valence-electron chi connectivity index (χ2n) is 5.94. The molecule has 4 nitrogen and oxygen atoms in total. The molecule has 0 aliphatic carbocycles. The van der Waals surface area contributed by atoms with Crippen LogP contribution in [0.5, 0.6) is 0 Å². The summed E-state index contributed by atoms with van der Waals surface area (Å²) in [6, 6.07) is 0. The molecule has 0 bridgehead atoms. The molecule has 0 unspecified atom stereocenters. The fourth-order valence-electron chi connectivity index (χ4n) is 2.78. The van der Waals surface area contributed by atoms with Gasteiger partial charge in [0.05, 0.1) is 0 Å². The van der Waals surface area contributed by atoms with E-state index in [2.05, 4.69) is 54.6 Å². The molecule has 0 radical (unpaired) electrons. The van der Waals surface area contributed by atoms with Gasteiger partial charge in [0.15, 0.2) is 0 Å². The SMILES string of the molecule is C=C/C=C(\C=N)C(=C)N1CCN(C/C(C)=C\C(=C/N=C)CC)CC1. The Morgan fingerprint density at radius 3 is 2.42 bits per heavy atom. The third-order valence-corrected chi connectivity index (χ3v) is 4.11. The maximum Gasteiger partial charge on any atom is 0.0383 e. The molecule has 1 N–H and O–H groups in total. The zero-order valence-electron chi connectivity index (χ0n) is 15.1. The molecule has 1 saturated heterocycles. The molecule has 0 aromatic carbocycles. The van der Waals surface area contributed by atoms with E-state index in [-0.39, 0.29) is 0 Å². The summed E-state index contributed by atoms with van der Waals surface area (Å²) >= 11 is 0. The minimum atomic E-state index is 0.823. The van der Waals surface area contributed by atoms with Crippen LogP contribution in [0.1, 0.15) is 20.3 Å². The lowest BCUT2D eigenvalue weighted by Gasteiger charge is -2.37. The first-order valence-corrected chi connectivity index (χ1v) is 8.37. The van der Waals surface area contributed by atoms with Gasteiger partial charge < -0.3 is 10.3 Å². The molecular formula is C20H30N4. The number of hydrogen-bond donors (Lipinski definition) is 1. The van der Waals surface area contributed by atoms with E-state index in [9.17, 15) is 0 Å². The van der Waals surface area contributed by atoms with Crippen molar-refractivity contribution in [3.05, 3.63) is 60.0 Å². The van der Waals surface area contributed by atoms with Crippen LogP contribution < -0.4 is 0 Å². The van der Waals surface area contributed by atoms with Crippen molar-refractivity contribution in [2.24, 2.45) is 4.99 Å². The molecule has 24 heavy (non-hydrogen) atoms. The lowest BCUT2D eigenvalue weighted by molar-refractivity contribution is 0.172. The van der Waals surface area contributed by atoms with Crippen LogP contribution in [0.3, 0.4) is 0 Å². The molecule has 0 spiro atoms. The molecule has 4 heteroatoms. The third-order valence-electron chi connectivity index (χ3n) is 4.11. The fraction of sp³-hybridized carbons (Fsp3) is 0.400. The summed E-state index contributed by atoms with van der Waals surface area (Å²) in [6.45, 7) is 20.5. The second kappa shape index (κ2) is 10.6. The molecule has 0 aromatic rings. The average Bonchev–Trinajstić information content (AvgIpc) is 2.59. The number of allylic oxidation sites excluding steroid dienone is 5. The van der Waals surface area contributed by atoms with Gasteiger partial charge >= 0.3 is 0 Å². The topological polar surface area (TPSA) is 42.7 Å². The van der Waals surface area contributed by atoms with Gasteiger partial charge in [-0.2, -0.15) is 0 Å².